The van der Waals surface area contributed by atoms with Gasteiger partial charge in [-0.25, -0.2) is 9.97 Å². The van der Waals surface area contributed by atoms with Crippen molar-refractivity contribution in [1.82, 2.24) is 19.9 Å². The molecule has 0 atom stereocenters. The summed E-state index contributed by atoms with van der Waals surface area (Å²) in [5, 5.41) is 0. The molecule has 6 heteroatoms. The number of hydrogen-bond acceptors (Lipinski definition) is 3. The summed E-state index contributed by atoms with van der Waals surface area (Å²) in [5.74, 6) is 1.71. The Kier molecular flexibility index (Phi) is 3.67. The second-order valence-electron chi connectivity index (χ2n) is 4.51. The summed E-state index contributed by atoms with van der Waals surface area (Å²) in [5.41, 5.74) is 3.07. The first-order valence-electron chi connectivity index (χ1n) is 6.38. The van der Waals surface area contributed by atoms with Gasteiger partial charge in [0, 0.05) is 5.69 Å². The third kappa shape index (κ3) is 2.53. The number of hydrogen-bond donors (Lipinski definition) is 2. The number of aromatic nitrogens is 4. The van der Waals surface area contributed by atoms with Crippen molar-refractivity contribution < 1.29 is 0 Å². The molecule has 20 heavy (non-hydrogen) atoms. The highest BCUT2D eigenvalue weighted by Gasteiger charge is 2.08. The first kappa shape index (κ1) is 13.5. The number of aryl methyl sites for hydroxylation is 1. The van der Waals surface area contributed by atoms with Gasteiger partial charge in [0.05, 0.1) is 21.9 Å². The Hall–Kier alpha value is -1.53. The third-order valence-electron chi connectivity index (χ3n) is 3.11. The Balaban J connectivity index is 1.98. The average molecular weight is 349 g/mol. The van der Waals surface area contributed by atoms with Crippen molar-refractivity contribution in [3.05, 3.63) is 50.7 Å². The SMILES string of the molecule is CCc1[nH]c(Cc2nc3ccccc3[nH]2)nc(=S)c1Br. The predicted octanol–water partition coefficient (Wildman–Crippen LogP) is 3.93. The van der Waals surface area contributed by atoms with Gasteiger partial charge in [-0.2, -0.15) is 0 Å². The normalized spacial score (nSPS) is 11.1. The number of imidazole rings is 1. The lowest BCUT2D eigenvalue weighted by molar-refractivity contribution is 0.864. The molecule has 0 bridgehead atoms. The van der Waals surface area contributed by atoms with E-state index >= 15 is 0 Å². The third-order valence-corrected chi connectivity index (χ3v) is 4.52. The maximum Gasteiger partial charge on any atom is 0.144 e. The van der Waals surface area contributed by atoms with Gasteiger partial charge < -0.3 is 9.97 Å². The zero-order chi connectivity index (χ0) is 14.1. The van der Waals surface area contributed by atoms with Crippen LogP contribution >= 0.6 is 28.1 Å². The molecule has 0 fully saturated rings. The van der Waals surface area contributed by atoms with Crippen molar-refractivity contribution in [2.24, 2.45) is 0 Å². The molecular weight excluding hydrogens is 336 g/mol. The van der Waals surface area contributed by atoms with E-state index in [1.54, 1.807) is 0 Å². The number of para-hydroxylation sites is 2. The largest absolute Gasteiger partial charge is 0.346 e. The highest BCUT2D eigenvalue weighted by molar-refractivity contribution is 9.10. The minimum Gasteiger partial charge on any atom is -0.346 e. The van der Waals surface area contributed by atoms with Crippen molar-refractivity contribution in [3.63, 3.8) is 0 Å². The van der Waals surface area contributed by atoms with E-state index in [0.717, 1.165) is 39.3 Å². The molecule has 0 unspecified atom stereocenters. The molecule has 0 aliphatic heterocycles. The molecule has 0 aliphatic carbocycles. The van der Waals surface area contributed by atoms with Gasteiger partial charge in [-0.15, -0.1) is 0 Å². The van der Waals surface area contributed by atoms with Crippen LogP contribution in [0.3, 0.4) is 0 Å². The Bertz CT molecular complexity index is 788. The summed E-state index contributed by atoms with van der Waals surface area (Å²) in [6, 6.07) is 7.98. The number of nitrogens with one attached hydrogen (secondary N) is 2. The highest BCUT2D eigenvalue weighted by Crippen LogP contribution is 2.18. The molecule has 3 aromatic rings. The molecule has 0 amide bonds. The lowest BCUT2D eigenvalue weighted by atomic mass is 10.3. The van der Waals surface area contributed by atoms with Crippen LogP contribution in [0.15, 0.2) is 28.7 Å². The summed E-state index contributed by atoms with van der Waals surface area (Å²) >= 11 is 8.73. The molecule has 0 saturated carbocycles. The topological polar surface area (TPSA) is 57.4 Å². The molecule has 0 saturated heterocycles. The Morgan fingerprint density at radius 3 is 2.65 bits per heavy atom. The smallest absolute Gasteiger partial charge is 0.144 e. The molecule has 4 nitrogen and oxygen atoms in total. The Morgan fingerprint density at radius 1 is 1.15 bits per heavy atom. The molecule has 0 spiro atoms. The number of rotatable bonds is 3. The van der Waals surface area contributed by atoms with E-state index in [9.17, 15) is 0 Å². The number of benzene rings is 1. The number of nitrogens with zero attached hydrogens (tertiary/aromatic N) is 2. The van der Waals surface area contributed by atoms with Crippen LogP contribution in [0, 0.1) is 4.64 Å². The zero-order valence-electron chi connectivity index (χ0n) is 10.9. The number of H-pyrrole nitrogens is 2. The van der Waals surface area contributed by atoms with E-state index in [-0.39, 0.29) is 0 Å². The molecule has 0 radical (unpaired) electrons. The lowest BCUT2D eigenvalue weighted by Crippen LogP contribution is -2.03. The van der Waals surface area contributed by atoms with Gasteiger partial charge in [-0.1, -0.05) is 31.3 Å². The van der Waals surface area contributed by atoms with Crippen LogP contribution in [0.2, 0.25) is 0 Å². The zero-order valence-corrected chi connectivity index (χ0v) is 13.3. The minimum atomic E-state index is 0.590. The second kappa shape index (κ2) is 5.46. The van der Waals surface area contributed by atoms with Gasteiger partial charge in [0.15, 0.2) is 0 Å². The molecule has 102 valence electrons. The van der Waals surface area contributed by atoms with Crippen molar-refractivity contribution >= 4 is 39.2 Å². The fraction of sp³-hybridized carbons (Fsp3) is 0.214. The van der Waals surface area contributed by atoms with Gasteiger partial charge in [0.2, 0.25) is 0 Å². The lowest BCUT2D eigenvalue weighted by Gasteiger charge is -2.05. The van der Waals surface area contributed by atoms with E-state index < -0.39 is 0 Å². The maximum atomic E-state index is 5.27. The summed E-state index contributed by atoms with van der Waals surface area (Å²) < 4.78 is 1.47. The van der Waals surface area contributed by atoms with E-state index in [1.165, 1.54) is 0 Å². The van der Waals surface area contributed by atoms with Crippen molar-refractivity contribution in [2.45, 2.75) is 19.8 Å². The number of halogens is 1. The van der Waals surface area contributed by atoms with Gasteiger partial charge in [-0.3, -0.25) is 0 Å². The quantitative estimate of drug-likeness (QED) is 0.705. The van der Waals surface area contributed by atoms with E-state index in [2.05, 4.69) is 42.8 Å². The van der Waals surface area contributed by atoms with Crippen LogP contribution < -0.4 is 0 Å². The van der Waals surface area contributed by atoms with E-state index in [4.69, 9.17) is 12.2 Å². The predicted molar refractivity (Wildman–Crippen MR) is 85.4 cm³/mol. The fourth-order valence-electron chi connectivity index (χ4n) is 2.13. The first-order chi connectivity index (χ1) is 9.67. The summed E-state index contributed by atoms with van der Waals surface area (Å²) in [6.45, 7) is 2.08. The fourth-order valence-corrected chi connectivity index (χ4v) is 2.83. The molecule has 2 aromatic heterocycles. The second-order valence-corrected chi connectivity index (χ2v) is 5.69. The van der Waals surface area contributed by atoms with Crippen LogP contribution in [0.25, 0.3) is 11.0 Å². The highest BCUT2D eigenvalue weighted by atomic mass is 79.9. The Morgan fingerprint density at radius 2 is 1.90 bits per heavy atom. The first-order valence-corrected chi connectivity index (χ1v) is 7.58. The van der Waals surface area contributed by atoms with Crippen LogP contribution in [-0.2, 0) is 12.8 Å². The van der Waals surface area contributed by atoms with Gasteiger partial charge in [0.25, 0.3) is 0 Å². The van der Waals surface area contributed by atoms with E-state index in [1.807, 2.05) is 24.3 Å². The molecule has 1 aromatic carbocycles. The van der Waals surface area contributed by atoms with Crippen LogP contribution in [0.5, 0.6) is 0 Å². The van der Waals surface area contributed by atoms with Crippen LogP contribution in [-0.4, -0.2) is 19.9 Å². The Labute approximate surface area is 129 Å². The molecule has 3 rings (SSSR count). The summed E-state index contributed by atoms with van der Waals surface area (Å²) in [7, 11) is 0. The van der Waals surface area contributed by atoms with Crippen LogP contribution in [0.1, 0.15) is 24.3 Å². The number of fused-ring (bicyclic) bond motifs is 1. The molecule has 0 aliphatic rings. The minimum absolute atomic E-state index is 0.590. The van der Waals surface area contributed by atoms with Crippen LogP contribution in [0.4, 0.5) is 0 Å². The standard InChI is InChI=1S/C14H13BrN4S/c1-2-8-13(15)14(20)19-12(16-8)7-11-17-9-5-3-4-6-10(9)18-11/h3-6H,2,7H2,1H3,(H,17,18)(H,16,19,20). The molecule has 2 N–H and O–H groups in total. The molecular formula is C14H13BrN4S. The van der Waals surface area contributed by atoms with Crippen molar-refractivity contribution in [3.8, 4) is 0 Å². The van der Waals surface area contributed by atoms with Gasteiger partial charge in [0.1, 0.15) is 16.3 Å². The van der Waals surface area contributed by atoms with Gasteiger partial charge in [-0.05, 0) is 34.5 Å². The van der Waals surface area contributed by atoms with E-state index in [0.29, 0.717) is 11.1 Å². The monoisotopic (exact) mass is 348 g/mol. The maximum absolute atomic E-state index is 5.27. The number of aromatic amines is 2. The van der Waals surface area contributed by atoms with Crippen molar-refractivity contribution in [2.75, 3.05) is 0 Å². The summed E-state index contributed by atoms with van der Waals surface area (Å²) in [4.78, 5) is 15.6. The van der Waals surface area contributed by atoms with Gasteiger partial charge >= 0.3 is 0 Å². The summed E-state index contributed by atoms with van der Waals surface area (Å²) in [6.07, 6.45) is 1.48. The molecule has 2 heterocycles. The average Bonchev–Trinajstić information content (AvgIpc) is 2.84. The van der Waals surface area contributed by atoms with Crippen molar-refractivity contribution in [1.29, 1.82) is 0 Å².